The van der Waals surface area contributed by atoms with E-state index in [1.807, 2.05) is 19.1 Å². The maximum atomic E-state index is 13.9. The van der Waals surface area contributed by atoms with Crippen molar-refractivity contribution in [2.75, 3.05) is 0 Å². The summed E-state index contributed by atoms with van der Waals surface area (Å²) in [5, 5.41) is 0. The predicted octanol–water partition coefficient (Wildman–Crippen LogP) is 3.83. The molecule has 0 unspecified atom stereocenters. The number of hydrogen-bond donors (Lipinski definition) is 1. The van der Waals surface area contributed by atoms with Gasteiger partial charge in [-0.25, -0.2) is 14.4 Å². The number of fused-ring (bicyclic) bond motifs is 1. The molecular weight excluding hydrogens is 297 g/mol. The molecule has 0 bridgehead atoms. The van der Waals surface area contributed by atoms with Gasteiger partial charge in [0.2, 0.25) is 0 Å². The number of rotatable bonds is 1. The smallest absolute Gasteiger partial charge is 0.178 e. The summed E-state index contributed by atoms with van der Waals surface area (Å²) >= 11 is 3.34. The van der Waals surface area contributed by atoms with Crippen LogP contribution in [0.15, 0.2) is 34.9 Å². The number of aromatic amines is 1. The standard InChI is InChI=1S/C13H9BrFN3/c1-7-2-3-9(10(15)4-7)12-17-11-5-8(14)6-16-13(11)18-12/h2-6H,1H3,(H,16,17,18). The summed E-state index contributed by atoms with van der Waals surface area (Å²) < 4.78 is 14.7. The highest BCUT2D eigenvalue weighted by Gasteiger charge is 2.10. The molecular formula is C13H9BrFN3. The van der Waals surface area contributed by atoms with Crippen molar-refractivity contribution in [3.8, 4) is 11.4 Å². The largest absolute Gasteiger partial charge is 0.336 e. The molecule has 0 aliphatic rings. The van der Waals surface area contributed by atoms with E-state index < -0.39 is 0 Å². The van der Waals surface area contributed by atoms with Crippen LogP contribution in [0.25, 0.3) is 22.6 Å². The molecule has 0 fully saturated rings. The Morgan fingerprint density at radius 1 is 1.28 bits per heavy atom. The lowest BCUT2D eigenvalue weighted by Gasteiger charge is -1.99. The summed E-state index contributed by atoms with van der Waals surface area (Å²) in [6.45, 7) is 1.85. The van der Waals surface area contributed by atoms with Gasteiger partial charge in [0.15, 0.2) is 5.65 Å². The van der Waals surface area contributed by atoms with Gasteiger partial charge in [-0.2, -0.15) is 0 Å². The van der Waals surface area contributed by atoms with Gasteiger partial charge in [-0.1, -0.05) is 6.07 Å². The van der Waals surface area contributed by atoms with Crippen LogP contribution in [0.5, 0.6) is 0 Å². The first-order chi connectivity index (χ1) is 8.63. The van der Waals surface area contributed by atoms with E-state index >= 15 is 0 Å². The molecule has 0 radical (unpaired) electrons. The van der Waals surface area contributed by atoms with Crippen LogP contribution in [0.1, 0.15) is 5.56 Å². The number of nitrogens with zero attached hydrogens (tertiary/aromatic N) is 2. The average molecular weight is 306 g/mol. The van der Waals surface area contributed by atoms with Crippen LogP contribution >= 0.6 is 15.9 Å². The maximum Gasteiger partial charge on any atom is 0.178 e. The van der Waals surface area contributed by atoms with Gasteiger partial charge in [0.25, 0.3) is 0 Å². The lowest BCUT2D eigenvalue weighted by molar-refractivity contribution is 0.629. The summed E-state index contributed by atoms with van der Waals surface area (Å²) in [6.07, 6.45) is 1.67. The Kier molecular flexibility index (Phi) is 2.63. The number of benzene rings is 1. The highest BCUT2D eigenvalue weighted by Crippen LogP contribution is 2.24. The van der Waals surface area contributed by atoms with Gasteiger partial charge < -0.3 is 4.98 Å². The van der Waals surface area contributed by atoms with E-state index in [9.17, 15) is 4.39 Å². The van der Waals surface area contributed by atoms with Crippen molar-refractivity contribution >= 4 is 27.1 Å². The minimum absolute atomic E-state index is 0.284. The quantitative estimate of drug-likeness (QED) is 0.742. The molecule has 0 atom stereocenters. The molecule has 0 saturated carbocycles. The first kappa shape index (κ1) is 11.3. The molecule has 0 aliphatic carbocycles. The first-order valence-electron chi connectivity index (χ1n) is 5.41. The van der Waals surface area contributed by atoms with Crippen molar-refractivity contribution in [1.82, 2.24) is 15.0 Å². The minimum Gasteiger partial charge on any atom is -0.336 e. The SMILES string of the molecule is Cc1ccc(-c2nc3ncc(Br)cc3[nH]2)c(F)c1. The Bertz CT molecular complexity index is 736. The maximum absolute atomic E-state index is 13.9. The van der Waals surface area contributed by atoms with Crippen LogP contribution in [0.4, 0.5) is 4.39 Å². The molecule has 90 valence electrons. The molecule has 3 aromatic rings. The van der Waals surface area contributed by atoms with E-state index in [-0.39, 0.29) is 5.82 Å². The molecule has 5 heteroatoms. The number of pyridine rings is 1. The molecule has 0 saturated heterocycles. The summed E-state index contributed by atoms with van der Waals surface area (Å²) in [7, 11) is 0. The zero-order valence-corrected chi connectivity index (χ0v) is 11.1. The number of aromatic nitrogens is 3. The van der Waals surface area contributed by atoms with Crippen LogP contribution in [0, 0.1) is 12.7 Å². The normalized spacial score (nSPS) is 11.1. The molecule has 0 aliphatic heterocycles. The molecule has 0 spiro atoms. The molecule has 3 nitrogen and oxygen atoms in total. The van der Waals surface area contributed by atoms with E-state index in [0.29, 0.717) is 17.0 Å². The number of imidazole rings is 1. The third-order valence-corrected chi connectivity index (χ3v) is 3.12. The lowest BCUT2D eigenvalue weighted by atomic mass is 10.1. The Balaban J connectivity index is 2.19. The van der Waals surface area contributed by atoms with Gasteiger partial charge in [0.05, 0.1) is 11.1 Å². The zero-order chi connectivity index (χ0) is 12.7. The predicted molar refractivity (Wildman–Crippen MR) is 71.7 cm³/mol. The minimum atomic E-state index is -0.284. The molecule has 1 aromatic carbocycles. The second kappa shape index (κ2) is 4.17. The Labute approximate surface area is 111 Å². The third kappa shape index (κ3) is 1.90. The topological polar surface area (TPSA) is 41.6 Å². The highest BCUT2D eigenvalue weighted by atomic mass is 79.9. The van der Waals surface area contributed by atoms with E-state index in [1.165, 1.54) is 6.07 Å². The van der Waals surface area contributed by atoms with Crippen molar-refractivity contribution < 1.29 is 4.39 Å². The van der Waals surface area contributed by atoms with E-state index in [2.05, 4.69) is 30.9 Å². The van der Waals surface area contributed by atoms with Gasteiger partial charge >= 0.3 is 0 Å². The van der Waals surface area contributed by atoms with Crippen molar-refractivity contribution in [3.05, 3.63) is 46.3 Å². The Hall–Kier alpha value is -1.75. The Morgan fingerprint density at radius 2 is 2.11 bits per heavy atom. The fourth-order valence-corrected chi connectivity index (χ4v) is 2.15. The monoisotopic (exact) mass is 305 g/mol. The average Bonchev–Trinajstić information content (AvgIpc) is 2.71. The number of aryl methyl sites for hydroxylation is 1. The summed E-state index contributed by atoms with van der Waals surface area (Å²) in [4.78, 5) is 11.5. The zero-order valence-electron chi connectivity index (χ0n) is 9.54. The van der Waals surface area contributed by atoms with Crippen LogP contribution in [0.2, 0.25) is 0 Å². The van der Waals surface area contributed by atoms with E-state index in [1.54, 1.807) is 12.3 Å². The molecule has 1 N–H and O–H groups in total. The van der Waals surface area contributed by atoms with Crippen LogP contribution in [-0.4, -0.2) is 15.0 Å². The van der Waals surface area contributed by atoms with Gasteiger partial charge in [-0.15, -0.1) is 0 Å². The summed E-state index contributed by atoms with van der Waals surface area (Å²) in [5.74, 6) is 0.209. The third-order valence-electron chi connectivity index (χ3n) is 2.68. The van der Waals surface area contributed by atoms with Crippen LogP contribution < -0.4 is 0 Å². The molecule has 18 heavy (non-hydrogen) atoms. The number of hydrogen-bond acceptors (Lipinski definition) is 2. The number of nitrogens with one attached hydrogen (secondary N) is 1. The van der Waals surface area contributed by atoms with Gasteiger partial charge in [0.1, 0.15) is 11.6 Å². The fourth-order valence-electron chi connectivity index (χ4n) is 1.81. The van der Waals surface area contributed by atoms with Crippen LogP contribution in [0.3, 0.4) is 0 Å². The number of H-pyrrole nitrogens is 1. The van der Waals surface area contributed by atoms with E-state index in [0.717, 1.165) is 15.6 Å². The highest BCUT2D eigenvalue weighted by molar-refractivity contribution is 9.10. The van der Waals surface area contributed by atoms with Crippen molar-refractivity contribution in [1.29, 1.82) is 0 Å². The Morgan fingerprint density at radius 3 is 2.89 bits per heavy atom. The van der Waals surface area contributed by atoms with Gasteiger partial charge in [-0.05, 0) is 46.6 Å². The second-order valence-electron chi connectivity index (χ2n) is 4.09. The van der Waals surface area contributed by atoms with Gasteiger partial charge in [-0.3, -0.25) is 0 Å². The van der Waals surface area contributed by atoms with Gasteiger partial charge in [0, 0.05) is 10.7 Å². The molecule has 0 amide bonds. The van der Waals surface area contributed by atoms with E-state index in [4.69, 9.17) is 0 Å². The fraction of sp³-hybridized carbons (Fsp3) is 0.0769. The molecule has 2 heterocycles. The molecule has 2 aromatic heterocycles. The first-order valence-corrected chi connectivity index (χ1v) is 6.20. The lowest BCUT2D eigenvalue weighted by Crippen LogP contribution is -1.87. The number of halogens is 2. The van der Waals surface area contributed by atoms with Crippen LogP contribution in [-0.2, 0) is 0 Å². The second-order valence-corrected chi connectivity index (χ2v) is 5.01. The molecule has 3 rings (SSSR count). The summed E-state index contributed by atoms with van der Waals surface area (Å²) in [5.41, 5.74) is 2.69. The van der Waals surface area contributed by atoms with Crippen molar-refractivity contribution in [2.45, 2.75) is 6.92 Å². The van der Waals surface area contributed by atoms with Crippen molar-refractivity contribution in [2.24, 2.45) is 0 Å². The summed E-state index contributed by atoms with van der Waals surface area (Å²) in [6, 6.07) is 6.93. The van der Waals surface area contributed by atoms with Crippen molar-refractivity contribution in [3.63, 3.8) is 0 Å².